The van der Waals surface area contributed by atoms with Crippen molar-refractivity contribution in [3.63, 3.8) is 0 Å². The molecule has 2 rings (SSSR count). The zero-order chi connectivity index (χ0) is 10.1. The minimum Gasteiger partial charge on any atom is -0.299 e. The molecular weight excluding hydrogens is 240 g/mol. The van der Waals surface area contributed by atoms with Crippen LogP contribution in [-0.4, -0.2) is 5.78 Å². The second-order valence-electron chi connectivity index (χ2n) is 3.90. The van der Waals surface area contributed by atoms with E-state index in [1.54, 1.807) is 6.92 Å². The van der Waals surface area contributed by atoms with E-state index in [9.17, 15) is 4.79 Å². The summed E-state index contributed by atoms with van der Waals surface area (Å²) in [4.78, 5) is 11.5. The first kappa shape index (κ1) is 9.91. The molecule has 1 aliphatic rings. The van der Waals surface area contributed by atoms with Crippen LogP contribution in [0, 0.1) is 0 Å². The number of carbonyl (C=O) groups is 1. The Balaban J connectivity index is 2.46. The zero-order valence-corrected chi connectivity index (χ0v) is 9.80. The van der Waals surface area contributed by atoms with Gasteiger partial charge in [0.25, 0.3) is 0 Å². The molecule has 0 N–H and O–H groups in total. The van der Waals surface area contributed by atoms with Crippen molar-refractivity contribution < 1.29 is 4.79 Å². The standard InChI is InChI=1S/C12H13BrO/c1-8(14)11-4-2-3-9-5-6-10(13)7-12(9)11/h5-7,11H,2-4H2,1H3. The molecule has 74 valence electrons. The molecule has 1 unspecified atom stereocenters. The Hall–Kier alpha value is -0.630. The second-order valence-corrected chi connectivity index (χ2v) is 4.81. The Labute approximate surface area is 92.6 Å². The average Bonchev–Trinajstić information content (AvgIpc) is 2.16. The van der Waals surface area contributed by atoms with Crippen LogP contribution in [0.25, 0.3) is 0 Å². The van der Waals surface area contributed by atoms with Crippen LogP contribution in [0.4, 0.5) is 0 Å². The summed E-state index contributed by atoms with van der Waals surface area (Å²) in [5.41, 5.74) is 2.58. The quantitative estimate of drug-likeness (QED) is 0.749. The fraction of sp³-hybridized carbons (Fsp3) is 0.417. The van der Waals surface area contributed by atoms with E-state index in [4.69, 9.17) is 0 Å². The molecule has 1 atom stereocenters. The Morgan fingerprint density at radius 3 is 3.00 bits per heavy atom. The number of fused-ring (bicyclic) bond motifs is 1. The van der Waals surface area contributed by atoms with Crippen molar-refractivity contribution in [3.8, 4) is 0 Å². The van der Waals surface area contributed by atoms with Gasteiger partial charge in [-0.1, -0.05) is 22.0 Å². The fourth-order valence-electron chi connectivity index (χ4n) is 2.19. The summed E-state index contributed by atoms with van der Waals surface area (Å²) in [6.07, 6.45) is 3.27. The van der Waals surface area contributed by atoms with Crippen molar-refractivity contribution in [1.82, 2.24) is 0 Å². The molecule has 0 fully saturated rings. The number of hydrogen-bond acceptors (Lipinski definition) is 1. The van der Waals surface area contributed by atoms with Gasteiger partial charge in [0.15, 0.2) is 0 Å². The molecule has 0 aromatic heterocycles. The number of ketones is 1. The number of carbonyl (C=O) groups excluding carboxylic acids is 1. The van der Waals surface area contributed by atoms with Gasteiger partial charge in [-0.15, -0.1) is 0 Å². The molecule has 0 radical (unpaired) electrons. The highest BCUT2D eigenvalue weighted by Crippen LogP contribution is 2.33. The molecule has 0 heterocycles. The van der Waals surface area contributed by atoms with E-state index >= 15 is 0 Å². The van der Waals surface area contributed by atoms with E-state index < -0.39 is 0 Å². The van der Waals surface area contributed by atoms with Crippen LogP contribution in [0.15, 0.2) is 22.7 Å². The lowest BCUT2D eigenvalue weighted by Gasteiger charge is -2.23. The van der Waals surface area contributed by atoms with Crippen molar-refractivity contribution in [2.75, 3.05) is 0 Å². The third-order valence-electron chi connectivity index (χ3n) is 2.91. The molecule has 0 saturated heterocycles. The third-order valence-corrected chi connectivity index (χ3v) is 3.41. The van der Waals surface area contributed by atoms with Crippen LogP contribution in [0.3, 0.4) is 0 Å². The topological polar surface area (TPSA) is 17.1 Å². The maximum absolute atomic E-state index is 11.5. The van der Waals surface area contributed by atoms with E-state index in [1.807, 2.05) is 0 Å². The first-order chi connectivity index (χ1) is 6.68. The predicted octanol–water partition coefficient (Wildman–Crippen LogP) is 3.46. The van der Waals surface area contributed by atoms with Crippen LogP contribution in [0.5, 0.6) is 0 Å². The Morgan fingerprint density at radius 1 is 1.50 bits per heavy atom. The number of benzene rings is 1. The van der Waals surface area contributed by atoms with Crippen molar-refractivity contribution >= 4 is 21.7 Å². The van der Waals surface area contributed by atoms with Gasteiger partial charge in [-0.25, -0.2) is 0 Å². The average molecular weight is 253 g/mol. The smallest absolute Gasteiger partial charge is 0.137 e. The van der Waals surface area contributed by atoms with Gasteiger partial charge in [0.1, 0.15) is 5.78 Å². The minimum absolute atomic E-state index is 0.135. The summed E-state index contributed by atoms with van der Waals surface area (Å²) in [5, 5.41) is 0. The summed E-state index contributed by atoms with van der Waals surface area (Å²) < 4.78 is 1.07. The monoisotopic (exact) mass is 252 g/mol. The van der Waals surface area contributed by atoms with E-state index in [2.05, 4.69) is 34.1 Å². The van der Waals surface area contributed by atoms with Gasteiger partial charge in [-0.2, -0.15) is 0 Å². The van der Waals surface area contributed by atoms with Crippen LogP contribution in [-0.2, 0) is 11.2 Å². The molecule has 1 aliphatic carbocycles. The molecule has 1 nitrogen and oxygen atoms in total. The molecular formula is C12H13BrO. The van der Waals surface area contributed by atoms with Gasteiger partial charge in [0.05, 0.1) is 0 Å². The first-order valence-electron chi connectivity index (χ1n) is 4.97. The van der Waals surface area contributed by atoms with Crippen LogP contribution in [0.1, 0.15) is 36.8 Å². The maximum Gasteiger partial charge on any atom is 0.137 e. The molecule has 0 aliphatic heterocycles. The van der Waals surface area contributed by atoms with E-state index in [1.165, 1.54) is 11.1 Å². The van der Waals surface area contributed by atoms with Crippen molar-refractivity contribution in [3.05, 3.63) is 33.8 Å². The van der Waals surface area contributed by atoms with Gasteiger partial charge >= 0.3 is 0 Å². The van der Waals surface area contributed by atoms with Gasteiger partial charge in [-0.3, -0.25) is 4.79 Å². The van der Waals surface area contributed by atoms with Crippen LogP contribution < -0.4 is 0 Å². The molecule has 0 amide bonds. The summed E-state index contributed by atoms with van der Waals surface area (Å²) in [7, 11) is 0. The number of rotatable bonds is 1. The Morgan fingerprint density at radius 2 is 2.29 bits per heavy atom. The lowest BCUT2D eigenvalue weighted by atomic mass is 9.81. The van der Waals surface area contributed by atoms with E-state index in [-0.39, 0.29) is 5.92 Å². The highest BCUT2D eigenvalue weighted by Gasteiger charge is 2.23. The molecule has 0 saturated carbocycles. The van der Waals surface area contributed by atoms with E-state index in [0.717, 1.165) is 23.7 Å². The van der Waals surface area contributed by atoms with Gasteiger partial charge in [-0.05, 0) is 49.4 Å². The predicted molar refractivity (Wildman–Crippen MR) is 60.5 cm³/mol. The highest BCUT2D eigenvalue weighted by atomic mass is 79.9. The number of Topliss-reactive ketones (excluding diaryl/α,β-unsaturated/α-hetero) is 1. The number of aryl methyl sites for hydroxylation is 1. The van der Waals surface area contributed by atoms with Crippen molar-refractivity contribution in [2.24, 2.45) is 0 Å². The van der Waals surface area contributed by atoms with Gasteiger partial charge in [0.2, 0.25) is 0 Å². The first-order valence-corrected chi connectivity index (χ1v) is 5.76. The third kappa shape index (κ3) is 1.76. The zero-order valence-electron chi connectivity index (χ0n) is 8.22. The molecule has 0 spiro atoms. The van der Waals surface area contributed by atoms with Crippen molar-refractivity contribution in [2.45, 2.75) is 32.1 Å². The molecule has 1 aromatic rings. The molecule has 2 heteroatoms. The van der Waals surface area contributed by atoms with Crippen molar-refractivity contribution in [1.29, 1.82) is 0 Å². The largest absolute Gasteiger partial charge is 0.299 e. The Bertz CT molecular complexity index is 371. The SMILES string of the molecule is CC(=O)C1CCCc2ccc(Br)cc21. The Kier molecular flexibility index (Phi) is 2.73. The number of halogens is 1. The lowest BCUT2D eigenvalue weighted by Crippen LogP contribution is -2.16. The number of hydrogen-bond donors (Lipinski definition) is 0. The van der Waals surface area contributed by atoms with E-state index in [0.29, 0.717) is 5.78 Å². The lowest BCUT2D eigenvalue weighted by molar-refractivity contribution is -0.118. The summed E-state index contributed by atoms with van der Waals surface area (Å²) >= 11 is 3.46. The van der Waals surface area contributed by atoms with Gasteiger partial charge < -0.3 is 0 Å². The normalized spacial score (nSPS) is 20.3. The molecule has 14 heavy (non-hydrogen) atoms. The summed E-state index contributed by atoms with van der Waals surface area (Å²) in [5.74, 6) is 0.431. The molecule has 1 aromatic carbocycles. The van der Waals surface area contributed by atoms with Crippen LogP contribution >= 0.6 is 15.9 Å². The van der Waals surface area contributed by atoms with Gasteiger partial charge in [0, 0.05) is 10.4 Å². The summed E-state index contributed by atoms with van der Waals surface area (Å²) in [6, 6.07) is 6.29. The fourth-order valence-corrected chi connectivity index (χ4v) is 2.57. The second kappa shape index (κ2) is 3.85. The molecule has 0 bridgehead atoms. The summed E-state index contributed by atoms with van der Waals surface area (Å²) in [6.45, 7) is 1.70. The highest BCUT2D eigenvalue weighted by molar-refractivity contribution is 9.10. The maximum atomic E-state index is 11.5. The minimum atomic E-state index is 0.135. The van der Waals surface area contributed by atoms with Crippen LogP contribution in [0.2, 0.25) is 0 Å².